The van der Waals surface area contributed by atoms with Crippen molar-refractivity contribution in [2.75, 3.05) is 13.4 Å². The minimum absolute atomic E-state index is 0.0710. The Morgan fingerprint density at radius 2 is 1.81 bits per heavy atom. The average Bonchev–Trinajstić information content (AvgIpc) is 2.54. The van der Waals surface area contributed by atoms with Crippen molar-refractivity contribution < 1.29 is 9.53 Å². The summed E-state index contributed by atoms with van der Waals surface area (Å²) < 4.78 is 5.34. The third-order valence-corrected chi connectivity index (χ3v) is 4.10. The van der Waals surface area contributed by atoms with Crippen LogP contribution in [-0.2, 0) is 0 Å². The van der Waals surface area contributed by atoms with E-state index in [0.717, 1.165) is 16.2 Å². The normalized spacial score (nSPS) is 11.8. The lowest BCUT2D eigenvalue weighted by atomic mass is 10.1. The number of benzene rings is 2. The predicted molar refractivity (Wildman–Crippen MR) is 87.1 cm³/mol. The van der Waals surface area contributed by atoms with Gasteiger partial charge < -0.3 is 10.1 Å². The quantitative estimate of drug-likeness (QED) is 0.851. The van der Waals surface area contributed by atoms with Crippen molar-refractivity contribution in [2.24, 2.45) is 0 Å². The van der Waals surface area contributed by atoms with Crippen LogP contribution in [0.25, 0.3) is 0 Å². The zero-order valence-corrected chi connectivity index (χ0v) is 13.2. The molecule has 2 rings (SSSR count). The molecule has 2 aromatic rings. The molecule has 0 radical (unpaired) electrons. The lowest BCUT2D eigenvalue weighted by molar-refractivity contribution is 0.0936. The smallest absolute Gasteiger partial charge is 0.252 e. The number of methoxy groups -OCH3 is 1. The van der Waals surface area contributed by atoms with Crippen molar-refractivity contribution in [1.29, 1.82) is 0 Å². The van der Waals surface area contributed by atoms with Crippen LogP contribution in [0.15, 0.2) is 53.4 Å². The largest absolute Gasteiger partial charge is 0.496 e. The molecule has 0 aliphatic rings. The molecule has 21 heavy (non-hydrogen) atoms. The second-order valence-corrected chi connectivity index (χ2v) is 5.49. The van der Waals surface area contributed by atoms with Crippen LogP contribution in [0.1, 0.15) is 28.9 Å². The molecule has 0 bridgehead atoms. The molecule has 0 heterocycles. The van der Waals surface area contributed by atoms with Gasteiger partial charge in [0.1, 0.15) is 5.75 Å². The van der Waals surface area contributed by atoms with Gasteiger partial charge in [0.2, 0.25) is 0 Å². The maximum Gasteiger partial charge on any atom is 0.252 e. The van der Waals surface area contributed by atoms with Crippen molar-refractivity contribution in [1.82, 2.24) is 5.32 Å². The molecule has 0 spiro atoms. The Balaban J connectivity index is 2.19. The molecule has 0 aromatic heterocycles. The van der Waals surface area contributed by atoms with Gasteiger partial charge in [-0.3, -0.25) is 4.79 Å². The zero-order valence-electron chi connectivity index (χ0n) is 12.4. The molecule has 1 amide bonds. The number of para-hydroxylation sites is 1. The first-order valence-electron chi connectivity index (χ1n) is 6.74. The summed E-state index contributed by atoms with van der Waals surface area (Å²) in [5.41, 5.74) is 1.67. The number of nitrogens with one attached hydrogen (secondary N) is 1. The van der Waals surface area contributed by atoms with Crippen LogP contribution in [0.3, 0.4) is 0 Å². The number of carbonyl (C=O) groups excluding carboxylic acids is 1. The second kappa shape index (κ2) is 7.18. The third kappa shape index (κ3) is 3.58. The van der Waals surface area contributed by atoms with Crippen LogP contribution >= 0.6 is 11.8 Å². The van der Waals surface area contributed by atoms with E-state index in [4.69, 9.17) is 4.74 Å². The van der Waals surface area contributed by atoms with Gasteiger partial charge in [0.15, 0.2) is 0 Å². The molecule has 0 aliphatic heterocycles. The Morgan fingerprint density at radius 1 is 1.14 bits per heavy atom. The summed E-state index contributed by atoms with van der Waals surface area (Å²) in [5.74, 6) is 0.710. The van der Waals surface area contributed by atoms with Crippen LogP contribution in [-0.4, -0.2) is 19.3 Å². The number of hydrogen-bond donors (Lipinski definition) is 1. The number of ether oxygens (including phenoxy) is 1. The Bertz CT molecular complexity index is 628. The van der Waals surface area contributed by atoms with Crippen LogP contribution in [0.2, 0.25) is 0 Å². The SMILES string of the molecule is COc1ccccc1[C@@H](C)NC(=O)c1ccccc1SC. The fourth-order valence-electron chi connectivity index (χ4n) is 2.21. The molecule has 110 valence electrons. The summed E-state index contributed by atoms with van der Waals surface area (Å²) in [4.78, 5) is 13.4. The number of hydrogen-bond acceptors (Lipinski definition) is 3. The van der Waals surface area contributed by atoms with Gasteiger partial charge in [0.05, 0.1) is 18.7 Å². The summed E-state index contributed by atoms with van der Waals surface area (Å²) >= 11 is 1.57. The summed E-state index contributed by atoms with van der Waals surface area (Å²) in [6.45, 7) is 1.96. The van der Waals surface area contributed by atoms with Crippen LogP contribution in [0, 0.1) is 0 Å². The van der Waals surface area contributed by atoms with Crippen LogP contribution in [0.5, 0.6) is 5.75 Å². The Morgan fingerprint density at radius 3 is 2.52 bits per heavy atom. The van der Waals surface area contributed by atoms with Gasteiger partial charge in [-0.2, -0.15) is 0 Å². The van der Waals surface area contributed by atoms with Gasteiger partial charge in [-0.15, -0.1) is 11.8 Å². The number of amides is 1. The molecule has 3 nitrogen and oxygen atoms in total. The van der Waals surface area contributed by atoms with Crippen LogP contribution < -0.4 is 10.1 Å². The molecule has 1 N–H and O–H groups in total. The fourth-order valence-corrected chi connectivity index (χ4v) is 2.80. The Hall–Kier alpha value is -1.94. The second-order valence-electron chi connectivity index (χ2n) is 4.64. The summed E-state index contributed by atoms with van der Waals surface area (Å²) in [6, 6.07) is 15.2. The minimum atomic E-state index is -0.122. The van der Waals surface area contributed by atoms with Gasteiger partial charge >= 0.3 is 0 Å². The van der Waals surface area contributed by atoms with E-state index >= 15 is 0 Å². The summed E-state index contributed by atoms with van der Waals surface area (Å²) in [5, 5.41) is 3.03. The van der Waals surface area contributed by atoms with E-state index in [-0.39, 0.29) is 11.9 Å². The first-order chi connectivity index (χ1) is 10.2. The highest BCUT2D eigenvalue weighted by Crippen LogP contribution is 2.25. The Kier molecular flexibility index (Phi) is 5.28. The highest BCUT2D eigenvalue weighted by molar-refractivity contribution is 7.98. The highest BCUT2D eigenvalue weighted by atomic mass is 32.2. The van der Waals surface area contributed by atoms with E-state index in [2.05, 4.69) is 5.32 Å². The molecule has 0 saturated heterocycles. The lowest BCUT2D eigenvalue weighted by Gasteiger charge is -2.18. The van der Waals surface area contributed by atoms with Crippen molar-refractivity contribution in [2.45, 2.75) is 17.9 Å². The molecule has 0 fully saturated rings. The standard InChI is InChI=1S/C17H19NO2S/c1-12(13-8-4-6-10-15(13)20-2)18-17(19)14-9-5-7-11-16(14)21-3/h4-12H,1-3H3,(H,18,19)/t12-/m1/s1. The maximum atomic E-state index is 12.4. The van der Waals surface area contributed by atoms with Gasteiger partial charge in [0, 0.05) is 10.5 Å². The van der Waals surface area contributed by atoms with Gasteiger partial charge in [0.25, 0.3) is 5.91 Å². The molecule has 0 aliphatic carbocycles. The molecule has 1 atom stereocenters. The third-order valence-electron chi connectivity index (χ3n) is 3.30. The summed E-state index contributed by atoms with van der Waals surface area (Å²) in [6.07, 6.45) is 1.97. The van der Waals surface area contributed by atoms with Gasteiger partial charge in [-0.25, -0.2) is 0 Å². The minimum Gasteiger partial charge on any atom is -0.496 e. The van der Waals surface area contributed by atoms with E-state index in [1.165, 1.54) is 0 Å². The number of rotatable bonds is 5. The first-order valence-corrected chi connectivity index (χ1v) is 7.96. The lowest BCUT2D eigenvalue weighted by Crippen LogP contribution is -2.27. The van der Waals surface area contributed by atoms with Crippen molar-refractivity contribution in [3.8, 4) is 5.75 Å². The predicted octanol–water partition coefficient (Wildman–Crippen LogP) is 3.91. The molecule has 0 saturated carbocycles. The molecular weight excluding hydrogens is 282 g/mol. The van der Waals surface area contributed by atoms with E-state index in [1.54, 1.807) is 18.9 Å². The van der Waals surface area contributed by atoms with E-state index in [1.807, 2.05) is 61.7 Å². The molecule has 0 unspecified atom stereocenters. The fraction of sp³-hybridized carbons (Fsp3) is 0.235. The van der Waals surface area contributed by atoms with Crippen molar-refractivity contribution in [3.05, 3.63) is 59.7 Å². The van der Waals surface area contributed by atoms with Crippen LogP contribution in [0.4, 0.5) is 0 Å². The van der Waals surface area contributed by atoms with E-state index in [9.17, 15) is 4.79 Å². The highest BCUT2D eigenvalue weighted by Gasteiger charge is 2.16. The van der Waals surface area contributed by atoms with Crippen molar-refractivity contribution >= 4 is 17.7 Å². The molecule has 4 heteroatoms. The molecular formula is C17H19NO2S. The monoisotopic (exact) mass is 301 g/mol. The topological polar surface area (TPSA) is 38.3 Å². The summed E-state index contributed by atoms with van der Waals surface area (Å²) in [7, 11) is 1.64. The average molecular weight is 301 g/mol. The number of carbonyl (C=O) groups is 1. The first kappa shape index (κ1) is 15.4. The van der Waals surface area contributed by atoms with E-state index < -0.39 is 0 Å². The maximum absolute atomic E-state index is 12.4. The Labute approximate surface area is 129 Å². The van der Waals surface area contributed by atoms with Gasteiger partial charge in [-0.05, 0) is 31.4 Å². The van der Waals surface area contributed by atoms with E-state index in [0.29, 0.717) is 5.56 Å². The van der Waals surface area contributed by atoms with Gasteiger partial charge in [-0.1, -0.05) is 30.3 Å². The van der Waals surface area contributed by atoms with Crippen molar-refractivity contribution in [3.63, 3.8) is 0 Å². The molecule has 2 aromatic carbocycles. The zero-order chi connectivity index (χ0) is 15.2. The number of thioether (sulfide) groups is 1.